The Morgan fingerprint density at radius 2 is 1.80 bits per heavy atom. The minimum atomic E-state index is -0.139. The molecule has 2 heterocycles. The zero-order valence-corrected chi connectivity index (χ0v) is 20.0. The lowest BCUT2D eigenvalue weighted by Crippen LogP contribution is -2.49. The van der Waals surface area contributed by atoms with Crippen LogP contribution < -0.4 is 10.5 Å². The quantitative estimate of drug-likeness (QED) is 0.536. The van der Waals surface area contributed by atoms with Crippen LogP contribution in [0.3, 0.4) is 0 Å². The molecule has 1 aliphatic heterocycles. The summed E-state index contributed by atoms with van der Waals surface area (Å²) < 4.78 is 0. The molecule has 2 aliphatic rings. The Balaban J connectivity index is 1.19. The van der Waals surface area contributed by atoms with E-state index in [2.05, 4.69) is 34.8 Å². The molecule has 5 rings (SSSR count). The molecule has 6 heteroatoms. The number of fused-ring (bicyclic) bond motifs is 1. The fourth-order valence-corrected chi connectivity index (χ4v) is 4.79. The summed E-state index contributed by atoms with van der Waals surface area (Å²) in [4.78, 5) is 36.9. The molecule has 2 fully saturated rings. The first-order valence-electron chi connectivity index (χ1n) is 12.2. The topological polar surface area (TPSA) is 69.3 Å². The molecule has 35 heavy (non-hydrogen) atoms. The van der Waals surface area contributed by atoms with Gasteiger partial charge in [-0.25, -0.2) is 4.98 Å². The predicted molar refractivity (Wildman–Crippen MR) is 141 cm³/mol. The van der Waals surface area contributed by atoms with E-state index in [0.29, 0.717) is 60.4 Å². The number of carbonyl (C=O) groups excluding carboxylic acids is 1. The molecule has 1 aliphatic carbocycles. The van der Waals surface area contributed by atoms with Crippen molar-refractivity contribution in [3.63, 3.8) is 0 Å². The molecule has 1 saturated heterocycles. The lowest BCUT2D eigenvalue weighted by atomic mass is 10.0. The van der Waals surface area contributed by atoms with E-state index >= 15 is 0 Å². The van der Waals surface area contributed by atoms with Gasteiger partial charge in [0.1, 0.15) is 0 Å². The van der Waals surface area contributed by atoms with Crippen molar-refractivity contribution in [2.75, 3.05) is 31.1 Å². The third-order valence-corrected chi connectivity index (χ3v) is 6.93. The molecule has 178 valence electrons. The van der Waals surface area contributed by atoms with Crippen molar-refractivity contribution in [2.24, 2.45) is 5.92 Å². The van der Waals surface area contributed by atoms with Crippen molar-refractivity contribution >= 4 is 22.8 Å². The molecule has 2 aromatic carbocycles. The molecule has 2 atom stereocenters. The Morgan fingerprint density at radius 1 is 1.06 bits per heavy atom. The summed E-state index contributed by atoms with van der Waals surface area (Å²) in [5, 5.41) is 0.584. The van der Waals surface area contributed by atoms with Crippen LogP contribution in [0.1, 0.15) is 35.2 Å². The molecule has 0 radical (unpaired) electrons. The van der Waals surface area contributed by atoms with Gasteiger partial charge in [-0.05, 0) is 55.0 Å². The van der Waals surface area contributed by atoms with Crippen LogP contribution in [0, 0.1) is 5.92 Å². The highest BCUT2D eigenvalue weighted by atomic mass is 16.2. The van der Waals surface area contributed by atoms with Crippen molar-refractivity contribution in [1.82, 2.24) is 14.9 Å². The average Bonchev–Trinajstić information content (AvgIpc) is 3.70. The number of H-pyrrole nitrogens is 1. The molecular formula is C29H30N4O2. The Bertz CT molecular complexity index is 1360. The van der Waals surface area contributed by atoms with Gasteiger partial charge in [-0.15, -0.1) is 0 Å². The van der Waals surface area contributed by atoms with Crippen molar-refractivity contribution in [1.29, 1.82) is 0 Å². The van der Waals surface area contributed by atoms with Crippen molar-refractivity contribution in [3.8, 4) is 0 Å². The van der Waals surface area contributed by atoms with E-state index in [1.807, 2.05) is 65.3 Å². The summed E-state index contributed by atoms with van der Waals surface area (Å²) in [6.45, 7) is 8.62. The summed E-state index contributed by atoms with van der Waals surface area (Å²) in [5.41, 5.74) is 3.68. The SMILES string of the molecule is C=C(/C=C\C=C/C)[C@H]1C[C@H]1c1ccc(C(=O)N2CCN(c3nc4ccccc4c(=O)[nH]3)CC2)cc1. The van der Waals surface area contributed by atoms with Gasteiger partial charge >= 0.3 is 0 Å². The number of amides is 1. The maximum Gasteiger partial charge on any atom is 0.260 e. The number of nitrogens with one attached hydrogen (secondary N) is 1. The van der Waals surface area contributed by atoms with Crippen LogP contribution in [0.4, 0.5) is 5.95 Å². The first kappa shape index (κ1) is 22.8. The Kier molecular flexibility index (Phi) is 6.36. The molecule has 6 nitrogen and oxygen atoms in total. The van der Waals surface area contributed by atoms with Crippen LogP contribution in [0.2, 0.25) is 0 Å². The van der Waals surface area contributed by atoms with Gasteiger partial charge < -0.3 is 9.80 Å². The zero-order valence-electron chi connectivity index (χ0n) is 20.0. The first-order valence-corrected chi connectivity index (χ1v) is 12.2. The van der Waals surface area contributed by atoms with Gasteiger partial charge in [0.15, 0.2) is 0 Å². The van der Waals surface area contributed by atoms with Crippen LogP contribution in [0.15, 0.2) is 89.8 Å². The number of piperazine rings is 1. The molecule has 1 aromatic heterocycles. The Labute approximate surface area is 205 Å². The minimum Gasteiger partial charge on any atom is -0.339 e. The van der Waals surface area contributed by atoms with E-state index in [1.54, 1.807) is 6.07 Å². The number of hydrogen-bond donors (Lipinski definition) is 1. The molecule has 0 unspecified atom stereocenters. The molecular weight excluding hydrogens is 436 g/mol. The average molecular weight is 467 g/mol. The monoisotopic (exact) mass is 466 g/mol. The normalized spacial score (nSPS) is 20.1. The van der Waals surface area contributed by atoms with E-state index < -0.39 is 0 Å². The van der Waals surface area contributed by atoms with E-state index in [-0.39, 0.29) is 11.5 Å². The number of para-hydroxylation sites is 1. The summed E-state index contributed by atoms with van der Waals surface area (Å²) in [6.07, 6.45) is 9.25. The highest BCUT2D eigenvalue weighted by Gasteiger charge is 2.39. The molecule has 0 bridgehead atoms. The maximum absolute atomic E-state index is 13.1. The number of nitrogens with zero attached hydrogens (tertiary/aromatic N) is 3. The van der Waals surface area contributed by atoms with Gasteiger partial charge in [0.2, 0.25) is 5.95 Å². The van der Waals surface area contributed by atoms with Gasteiger partial charge in [-0.2, -0.15) is 0 Å². The predicted octanol–water partition coefficient (Wildman–Crippen LogP) is 4.68. The standard InChI is InChI=1S/C29H30N4O2/c1-3-4-5-8-20(2)24-19-25(24)21-11-13-22(14-12-21)28(35)32-15-17-33(18-16-32)29-30-26-10-7-6-9-23(26)27(34)31-29/h3-14,24-25H,2,15-19H2,1H3,(H,30,31,34)/b4-3-,8-5-/t24-,25+/m1/s1. The summed E-state index contributed by atoms with van der Waals surface area (Å²) in [7, 11) is 0. The van der Waals surface area contributed by atoms with Crippen LogP contribution >= 0.6 is 0 Å². The summed E-state index contributed by atoms with van der Waals surface area (Å²) in [5.74, 6) is 1.58. The van der Waals surface area contributed by atoms with Gasteiger partial charge in [-0.1, -0.05) is 60.7 Å². The first-order chi connectivity index (χ1) is 17.0. The van der Waals surface area contributed by atoms with Crippen LogP contribution in [0.5, 0.6) is 0 Å². The van der Waals surface area contributed by atoms with Crippen molar-refractivity contribution < 1.29 is 4.79 Å². The second-order valence-electron chi connectivity index (χ2n) is 9.22. The maximum atomic E-state index is 13.1. The smallest absolute Gasteiger partial charge is 0.260 e. The molecule has 3 aromatic rings. The van der Waals surface area contributed by atoms with Crippen LogP contribution in [0.25, 0.3) is 10.9 Å². The third-order valence-electron chi connectivity index (χ3n) is 6.93. The largest absolute Gasteiger partial charge is 0.339 e. The number of carbonyl (C=O) groups is 1. The number of aromatic nitrogens is 2. The number of benzene rings is 2. The summed E-state index contributed by atoms with van der Waals surface area (Å²) >= 11 is 0. The van der Waals surface area contributed by atoms with Crippen LogP contribution in [-0.2, 0) is 0 Å². The van der Waals surface area contributed by atoms with Crippen molar-refractivity contribution in [3.05, 3.63) is 106 Å². The molecule has 1 N–H and O–H groups in total. The number of rotatable bonds is 6. The fraction of sp³-hybridized carbons (Fsp3) is 0.276. The number of hydrogen-bond acceptors (Lipinski definition) is 4. The lowest BCUT2D eigenvalue weighted by molar-refractivity contribution is 0.0746. The van der Waals surface area contributed by atoms with Gasteiger partial charge in [-0.3, -0.25) is 14.6 Å². The van der Waals surface area contributed by atoms with Gasteiger partial charge in [0.25, 0.3) is 11.5 Å². The Hall–Kier alpha value is -3.93. The number of anilines is 1. The number of aromatic amines is 1. The Morgan fingerprint density at radius 3 is 2.54 bits per heavy atom. The highest BCUT2D eigenvalue weighted by Crippen LogP contribution is 2.51. The molecule has 1 saturated carbocycles. The molecule has 0 spiro atoms. The second-order valence-corrected chi connectivity index (χ2v) is 9.22. The second kappa shape index (κ2) is 9.74. The zero-order chi connectivity index (χ0) is 24.4. The van der Waals surface area contributed by atoms with Crippen LogP contribution in [-0.4, -0.2) is 47.0 Å². The number of allylic oxidation sites excluding steroid dienone is 5. The van der Waals surface area contributed by atoms with E-state index in [0.717, 1.165) is 12.0 Å². The van der Waals surface area contributed by atoms with Gasteiger partial charge in [0.05, 0.1) is 10.9 Å². The minimum absolute atomic E-state index is 0.0437. The fourth-order valence-electron chi connectivity index (χ4n) is 4.79. The van der Waals surface area contributed by atoms with Crippen molar-refractivity contribution in [2.45, 2.75) is 19.3 Å². The van der Waals surface area contributed by atoms with E-state index in [9.17, 15) is 9.59 Å². The lowest BCUT2D eigenvalue weighted by Gasteiger charge is -2.35. The van der Waals surface area contributed by atoms with E-state index in [1.165, 1.54) is 5.56 Å². The molecule has 1 amide bonds. The van der Waals surface area contributed by atoms with E-state index in [4.69, 9.17) is 0 Å². The van der Waals surface area contributed by atoms with Gasteiger partial charge in [0, 0.05) is 31.7 Å². The highest BCUT2D eigenvalue weighted by molar-refractivity contribution is 5.94. The summed E-state index contributed by atoms with van der Waals surface area (Å²) in [6, 6.07) is 15.4. The third kappa shape index (κ3) is 4.83.